The molecule has 0 bridgehead atoms. The molecule has 2 amide bonds. The fourth-order valence-corrected chi connectivity index (χ4v) is 3.07. The van der Waals surface area contributed by atoms with Gasteiger partial charge in [-0.05, 0) is 18.1 Å². The van der Waals surface area contributed by atoms with Crippen molar-refractivity contribution in [2.24, 2.45) is 7.05 Å². The summed E-state index contributed by atoms with van der Waals surface area (Å²) in [6, 6.07) is 7.20. The lowest BCUT2D eigenvalue weighted by Crippen LogP contribution is -2.34. The summed E-state index contributed by atoms with van der Waals surface area (Å²) in [5.74, 6) is 0.782. The molecule has 0 saturated heterocycles. The molecule has 1 aliphatic rings. The highest BCUT2D eigenvalue weighted by atomic mass is 16.2. The normalized spacial score (nSPS) is 15.9. The number of rotatable bonds is 6. The molecular formula is C18H22N4O2. The third-order valence-electron chi connectivity index (χ3n) is 4.36. The zero-order valence-corrected chi connectivity index (χ0v) is 14.0. The molecule has 1 N–H and O–H groups in total. The number of benzene rings is 1. The molecule has 126 valence electrons. The molecule has 0 fully saturated rings. The quantitative estimate of drug-likeness (QED) is 0.883. The van der Waals surface area contributed by atoms with Gasteiger partial charge in [0.2, 0.25) is 5.91 Å². The summed E-state index contributed by atoms with van der Waals surface area (Å²) in [7, 11) is 1.92. The van der Waals surface area contributed by atoms with Gasteiger partial charge in [0.25, 0.3) is 5.91 Å². The van der Waals surface area contributed by atoms with Crippen LogP contribution in [0, 0.1) is 0 Å². The van der Waals surface area contributed by atoms with Crippen molar-refractivity contribution in [2.75, 3.05) is 6.54 Å². The first-order valence-electron chi connectivity index (χ1n) is 8.24. The van der Waals surface area contributed by atoms with E-state index in [1.165, 1.54) is 0 Å². The number of aromatic nitrogens is 2. The van der Waals surface area contributed by atoms with E-state index in [4.69, 9.17) is 0 Å². The number of aryl methyl sites for hydroxylation is 1. The first-order valence-corrected chi connectivity index (χ1v) is 8.24. The summed E-state index contributed by atoms with van der Waals surface area (Å²) < 4.78 is 1.92. The maximum atomic E-state index is 12.8. The van der Waals surface area contributed by atoms with Crippen LogP contribution in [0.5, 0.6) is 0 Å². The third-order valence-corrected chi connectivity index (χ3v) is 4.36. The number of nitrogens with one attached hydrogen (secondary N) is 1. The minimum Gasteiger partial charge on any atom is -0.345 e. The predicted octanol–water partition coefficient (Wildman–Crippen LogP) is 2.03. The third kappa shape index (κ3) is 3.18. The lowest BCUT2D eigenvalue weighted by Gasteiger charge is -2.23. The molecule has 0 saturated carbocycles. The number of imidazole rings is 1. The number of carbonyl (C=O) groups excluding carboxylic acids is 2. The molecule has 24 heavy (non-hydrogen) atoms. The van der Waals surface area contributed by atoms with Crippen LogP contribution < -0.4 is 5.32 Å². The maximum absolute atomic E-state index is 12.8. The van der Waals surface area contributed by atoms with E-state index < -0.39 is 0 Å². The Balaban J connectivity index is 1.72. The Labute approximate surface area is 141 Å². The highest BCUT2D eigenvalue weighted by Crippen LogP contribution is 2.28. The van der Waals surface area contributed by atoms with Crippen molar-refractivity contribution < 1.29 is 9.59 Å². The van der Waals surface area contributed by atoms with Gasteiger partial charge in [-0.15, -0.1) is 0 Å². The van der Waals surface area contributed by atoms with Crippen molar-refractivity contribution in [3.8, 4) is 0 Å². The van der Waals surface area contributed by atoms with Crippen LogP contribution in [-0.4, -0.2) is 32.8 Å². The number of carbonyl (C=O) groups is 2. The van der Waals surface area contributed by atoms with Crippen LogP contribution in [-0.2, 0) is 18.4 Å². The average Bonchev–Trinajstić information content (AvgIpc) is 3.11. The van der Waals surface area contributed by atoms with Crippen LogP contribution in [0.15, 0.2) is 36.7 Å². The summed E-state index contributed by atoms with van der Waals surface area (Å²) in [5.41, 5.74) is 1.57. The highest BCUT2D eigenvalue weighted by Gasteiger charge is 2.31. The average molecular weight is 326 g/mol. The molecule has 0 spiro atoms. The van der Waals surface area contributed by atoms with E-state index >= 15 is 0 Å². The van der Waals surface area contributed by atoms with Gasteiger partial charge in [-0.3, -0.25) is 9.59 Å². The van der Waals surface area contributed by atoms with E-state index in [2.05, 4.69) is 10.3 Å². The maximum Gasteiger partial charge on any atom is 0.252 e. The molecule has 0 radical (unpaired) electrons. The molecule has 1 aliphatic heterocycles. The molecule has 1 aromatic heterocycles. The van der Waals surface area contributed by atoms with Gasteiger partial charge in [0, 0.05) is 31.5 Å². The van der Waals surface area contributed by atoms with Crippen LogP contribution in [0.25, 0.3) is 0 Å². The molecule has 0 unspecified atom stereocenters. The highest BCUT2D eigenvalue weighted by molar-refractivity contribution is 5.99. The van der Waals surface area contributed by atoms with Crippen LogP contribution in [0.4, 0.5) is 0 Å². The van der Waals surface area contributed by atoms with Crippen LogP contribution in [0.1, 0.15) is 47.6 Å². The molecule has 6 nitrogen and oxygen atoms in total. The Hall–Kier alpha value is -2.63. The van der Waals surface area contributed by atoms with E-state index in [0.29, 0.717) is 18.7 Å². The van der Waals surface area contributed by atoms with E-state index in [-0.39, 0.29) is 24.3 Å². The first kappa shape index (κ1) is 16.2. The summed E-state index contributed by atoms with van der Waals surface area (Å²) in [4.78, 5) is 30.9. The van der Waals surface area contributed by atoms with Crippen molar-refractivity contribution in [2.45, 2.75) is 32.4 Å². The van der Waals surface area contributed by atoms with Gasteiger partial charge in [-0.1, -0.05) is 25.1 Å². The monoisotopic (exact) mass is 326 g/mol. The summed E-state index contributed by atoms with van der Waals surface area (Å²) >= 11 is 0. The standard InChI is InChI=1S/C18H22N4O2/c1-3-9-22(12-16-19-8-10-21(16)2)17(23)11-15-13-6-4-5-7-14(13)18(24)20-15/h4-8,10,15H,3,9,11-12H2,1-2H3,(H,20,24)/t15-/m1/s1. The Morgan fingerprint density at radius 3 is 2.88 bits per heavy atom. The van der Waals surface area contributed by atoms with Crippen molar-refractivity contribution in [3.63, 3.8) is 0 Å². The van der Waals surface area contributed by atoms with Gasteiger partial charge in [-0.2, -0.15) is 0 Å². The van der Waals surface area contributed by atoms with Crippen molar-refractivity contribution in [1.29, 1.82) is 0 Å². The van der Waals surface area contributed by atoms with E-state index in [9.17, 15) is 9.59 Å². The number of fused-ring (bicyclic) bond motifs is 1. The van der Waals surface area contributed by atoms with E-state index in [1.54, 1.807) is 12.3 Å². The zero-order valence-electron chi connectivity index (χ0n) is 14.0. The summed E-state index contributed by atoms with van der Waals surface area (Å²) in [6.45, 7) is 3.21. The number of amides is 2. The molecule has 3 rings (SSSR count). The molecule has 2 aromatic rings. The second-order valence-electron chi connectivity index (χ2n) is 6.09. The van der Waals surface area contributed by atoms with Crippen molar-refractivity contribution >= 4 is 11.8 Å². The molecule has 1 atom stereocenters. The Kier molecular flexibility index (Phi) is 4.64. The molecular weight excluding hydrogens is 304 g/mol. The van der Waals surface area contributed by atoms with Crippen LogP contribution in [0.3, 0.4) is 0 Å². The predicted molar refractivity (Wildman–Crippen MR) is 90.2 cm³/mol. The first-order chi connectivity index (χ1) is 11.6. The zero-order chi connectivity index (χ0) is 17.1. The molecule has 1 aromatic carbocycles. The minimum absolute atomic E-state index is 0.0295. The van der Waals surface area contributed by atoms with Gasteiger partial charge in [-0.25, -0.2) is 4.98 Å². The van der Waals surface area contributed by atoms with E-state index in [0.717, 1.165) is 17.8 Å². The SMILES string of the molecule is CCCN(Cc1nccn1C)C(=O)C[C@H]1NC(=O)c2ccccc21. The van der Waals surface area contributed by atoms with Crippen molar-refractivity contribution in [1.82, 2.24) is 19.8 Å². The largest absolute Gasteiger partial charge is 0.345 e. The summed E-state index contributed by atoms with van der Waals surface area (Å²) in [5, 5.41) is 2.91. The van der Waals surface area contributed by atoms with Gasteiger partial charge < -0.3 is 14.8 Å². The Morgan fingerprint density at radius 2 is 2.17 bits per heavy atom. The Bertz CT molecular complexity index is 753. The second-order valence-corrected chi connectivity index (χ2v) is 6.09. The Morgan fingerprint density at radius 1 is 1.38 bits per heavy atom. The van der Waals surface area contributed by atoms with Gasteiger partial charge in [0.1, 0.15) is 5.82 Å². The number of hydrogen-bond donors (Lipinski definition) is 1. The van der Waals surface area contributed by atoms with Gasteiger partial charge >= 0.3 is 0 Å². The molecule has 2 heterocycles. The van der Waals surface area contributed by atoms with Gasteiger partial charge in [0.05, 0.1) is 19.0 Å². The number of hydrogen-bond acceptors (Lipinski definition) is 3. The fourth-order valence-electron chi connectivity index (χ4n) is 3.07. The van der Waals surface area contributed by atoms with E-state index in [1.807, 2.05) is 47.8 Å². The lowest BCUT2D eigenvalue weighted by molar-refractivity contribution is -0.132. The van der Waals surface area contributed by atoms with Crippen LogP contribution >= 0.6 is 0 Å². The fraction of sp³-hybridized carbons (Fsp3) is 0.389. The molecule has 0 aliphatic carbocycles. The summed E-state index contributed by atoms with van der Waals surface area (Å²) in [6.07, 6.45) is 4.76. The lowest BCUT2D eigenvalue weighted by atomic mass is 10.0. The minimum atomic E-state index is -0.248. The smallest absolute Gasteiger partial charge is 0.252 e. The topological polar surface area (TPSA) is 67.2 Å². The number of nitrogens with zero attached hydrogens (tertiary/aromatic N) is 3. The van der Waals surface area contributed by atoms with Crippen molar-refractivity contribution in [3.05, 3.63) is 53.6 Å². The molecule has 6 heteroatoms. The van der Waals surface area contributed by atoms with Crippen LogP contribution in [0.2, 0.25) is 0 Å². The second kappa shape index (κ2) is 6.86. The van der Waals surface area contributed by atoms with Gasteiger partial charge in [0.15, 0.2) is 0 Å².